The Morgan fingerprint density at radius 2 is 1.91 bits per heavy atom. The number of amides is 2. The van der Waals surface area contributed by atoms with E-state index in [9.17, 15) is 9.59 Å². The van der Waals surface area contributed by atoms with Crippen LogP contribution in [0.5, 0.6) is 0 Å². The zero-order valence-corrected chi connectivity index (χ0v) is 12.6. The van der Waals surface area contributed by atoms with Gasteiger partial charge in [-0.3, -0.25) is 9.59 Å². The summed E-state index contributed by atoms with van der Waals surface area (Å²) in [6, 6.07) is 8.57. The van der Waals surface area contributed by atoms with Crippen molar-refractivity contribution in [1.82, 2.24) is 5.32 Å². The summed E-state index contributed by atoms with van der Waals surface area (Å²) in [6.45, 7) is 4.30. The van der Waals surface area contributed by atoms with Gasteiger partial charge in [0, 0.05) is 18.7 Å². The normalized spacial score (nSPS) is 10.3. The first kappa shape index (κ1) is 15.8. The highest BCUT2D eigenvalue weighted by Gasteiger charge is 2.17. The summed E-state index contributed by atoms with van der Waals surface area (Å²) in [5, 5.41) is 5.39. The van der Waals surface area contributed by atoms with Gasteiger partial charge in [0.25, 0.3) is 11.8 Å². The minimum absolute atomic E-state index is 0.245. The maximum atomic E-state index is 12.3. The molecule has 116 valence electrons. The molecule has 2 rings (SSSR count). The molecule has 1 aromatic heterocycles. The van der Waals surface area contributed by atoms with Crippen molar-refractivity contribution in [3.63, 3.8) is 0 Å². The Kier molecular flexibility index (Phi) is 4.95. The summed E-state index contributed by atoms with van der Waals surface area (Å²) in [7, 11) is 0. The van der Waals surface area contributed by atoms with Crippen molar-refractivity contribution in [3.05, 3.63) is 53.0 Å². The molecule has 4 N–H and O–H groups in total. The van der Waals surface area contributed by atoms with Gasteiger partial charge < -0.3 is 20.8 Å². The molecule has 0 unspecified atom stereocenters. The van der Waals surface area contributed by atoms with Crippen LogP contribution in [0.4, 0.5) is 5.69 Å². The molecular formula is C16H19N3O3. The largest absolute Gasteiger partial charge is 0.456 e. The lowest BCUT2D eigenvalue weighted by Crippen LogP contribution is -2.30. The van der Waals surface area contributed by atoms with E-state index in [1.54, 1.807) is 44.2 Å². The van der Waals surface area contributed by atoms with Gasteiger partial charge in [-0.05, 0) is 32.0 Å². The van der Waals surface area contributed by atoms with Crippen LogP contribution in [-0.2, 0) is 0 Å². The van der Waals surface area contributed by atoms with Crippen LogP contribution in [0.2, 0.25) is 0 Å². The molecule has 0 spiro atoms. The molecule has 0 aliphatic heterocycles. The molecule has 0 saturated carbocycles. The van der Waals surface area contributed by atoms with E-state index in [2.05, 4.69) is 10.6 Å². The smallest absolute Gasteiger partial charge is 0.291 e. The highest BCUT2D eigenvalue weighted by Crippen LogP contribution is 2.19. The summed E-state index contributed by atoms with van der Waals surface area (Å²) < 4.78 is 5.38. The molecule has 2 amide bonds. The molecule has 0 radical (unpaired) electrons. The number of rotatable bonds is 5. The van der Waals surface area contributed by atoms with Crippen molar-refractivity contribution in [2.24, 2.45) is 5.73 Å². The number of hydrogen-bond acceptors (Lipinski definition) is 4. The van der Waals surface area contributed by atoms with Gasteiger partial charge in [0.1, 0.15) is 5.76 Å². The van der Waals surface area contributed by atoms with E-state index in [1.807, 2.05) is 0 Å². The van der Waals surface area contributed by atoms with Crippen LogP contribution in [0, 0.1) is 13.8 Å². The van der Waals surface area contributed by atoms with Gasteiger partial charge in [-0.25, -0.2) is 0 Å². The van der Waals surface area contributed by atoms with E-state index in [-0.39, 0.29) is 17.6 Å². The van der Waals surface area contributed by atoms with Gasteiger partial charge >= 0.3 is 0 Å². The van der Waals surface area contributed by atoms with Gasteiger partial charge in [-0.15, -0.1) is 0 Å². The number of anilines is 1. The van der Waals surface area contributed by atoms with Crippen LogP contribution in [0.3, 0.4) is 0 Å². The van der Waals surface area contributed by atoms with Crippen molar-refractivity contribution in [1.29, 1.82) is 0 Å². The Hall–Kier alpha value is -2.60. The summed E-state index contributed by atoms with van der Waals surface area (Å²) in [4.78, 5) is 24.4. The fourth-order valence-electron chi connectivity index (χ4n) is 2.12. The van der Waals surface area contributed by atoms with Gasteiger partial charge in [0.15, 0.2) is 5.76 Å². The fraction of sp³-hybridized carbons (Fsp3) is 0.250. The number of para-hydroxylation sites is 1. The molecule has 0 atom stereocenters. The van der Waals surface area contributed by atoms with E-state index in [0.29, 0.717) is 30.1 Å². The monoisotopic (exact) mass is 301 g/mol. The predicted octanol–water partition coefficient (Wildman–Crippen LogP) is 1.84. The Morgan fingerprint density at radius 1 is 1.18 bits per heavy atom. The minimum Gasteiger partial charge on any atom is -0.456 e. The van der Waals surface area contributed by atoms with Crippen molar-refractivity contribution >= 4 is 17.5 Å². The van der Waals surface area contributed by atoms with Crippen LogP contribution < -0.4 is 16.4 Å². The molecule has 6 heteroatoms. The number of nitrogens with two attached hydrogens (primary N) is 1. The van der Waals surface area contributed by atoms with Crippen LogP contribution in [0.25, 0.3) is 0 Å². The fourth-order valence-corrected chi connectivity index (χ4v) is 2.12. The van der Waals surface area contributed by atoms with Crippen molar-refractivity contribution in [2.75, 3.05) is 18.4 Å². The first-order valence-corrected chi connectivity index (χ1v) is 6.98. The summed E-state index contributed by atoms with van der Waals surface area (Å²) in [6.07, 6.45) is 0. The highest BCUT2D eigenvalue weighted by molar-refractivity contribution is 6.08. The van der Waals surface area contributed by atoms with Crippen molar-refractivity contribution in [2.45, 2.75) is 13.8 Å². The van der Waals surface area contributed by atoms with Gasteiger partial charge in [-0.1, -0.05) is 12.1 Å². The molecular weight excluding hydrogens is 282 g/mol. The number of nitrogens with one attached hydrogen (secondary N) is 2. The topological polar surface area (TPSA) is 97.4 Å². The number of hydrogen-bond donors (Lipinski definition) is 3. The molecule has 6 nitrogen and oxygen atoms in total. The molecule has 0 bridgehead atoms. The third-order valence-electron chi connectivity index (χ3n) is 3.10. The number of carbonyl (C=O) groups excluding carboxylic acids is 2. The maximum absolute atomic E-state index is 12.3. The van der Waals surface area contributed by atoms with Crippen LogP contribution in [0.1, 0.15) is 32.2 Å². The first-order chi connectivity index (χ1) is 10.5. The summed E-state index contributed by atoms with van der Waals surface area (Å²) in [5.41, 5.74) is 6.93. The second-order valence-corrected chi connectivity index (χ2v) is 4.91. The lowest BCUT2D eigenvalue weighted by molar-refractivity contribution is 0.0955. The SMILES string of the molecule is Cc1cc(C)c(C(=O)Nc2ccccc2C(=O)NCCN)o1. The summed E-state index contributed by atoms with van der Waals surface area (Å²) in [5.74, 6) is 0.240. The second-order valence-electron chi connectivity index (χ2n) is 4.91. The van der Waals surface area contributed by atoms with E-state index in [4.69, 9.17) is 10.2 Å². The third-order valence-corrected chi connectivity index (χ3v) is 3.10. The molecule has 22 heavy (non-hydrogen) atoms. The zero-order chi connectivity index (χ0) is 16.1. The van der Waals surface area contributed by atoms with E-state index in [1.165, 1.54) is 0 Å². The number of benzene rings is 1. The van der Waals surface area contributed by atoms with Gasteiger partial charge in [0.05, 0.1) is 11.3 Å². The number of furan rings is 1. The Morgan fingerprint density at radius 3 is 2.55 bits per heavy atom. The average molecular weight is 301 g/mol. The van der Waals surface area contributed by atoms with E-state index < -0.39 is 0 Å². The van der Waals surface area contributed by atoms with Crippen LogP contribution >= 0.6 is 0 Å². The lowest BCUT2D eigenvalue weighted by atomic mass is 10.1. The van der Waals surface area contributed by atoms with E-state index in [0.717, 1.165) is 5.56 Å². The lowest BCUT2D eigenvalue weighted by Gasteiger charge is -2.10. The minimum atomic E-state index is -0.385. The summed E-state index contributed by atoms with van der Waals surface area (Å²) >= 11 is 0. The van der Waals surface area contributed by atoms with Crippen molar-refractivity contribution < 1.29 is 14.0 Å². The number of carbonyl (C=O) groups is 2. The average Bonchev–Trinajstić information content (AvgIpc) is 2.84. The highest BCUT2D eigenvalue weighted by atomic mass is 16.3. The molecule has 0 aliphatic carbocycles. The van der Waals surface area contributed by atoms with E-state index >= 15 is 0 Å². The molecule has 0 aliphatic rings. The molecule has 1 heterocycles. The third kappa shape index (κ3) is 3.53. The predicted molar refractivity (Wildman–Crippen MR) is 84.0 cm³/mol. The molecule has 0 saturated heterocycles. The first-order valence-electron chi connectivity index (χ1n) is 6.98. The van der Waals surface area contributed by atoms with Crippen LogP contribution in [-0.4, -0.2) is 24.9 Å². The van der Waals surface area contributed by atoms with Gasteiger partial charge in [0.2, 0.25) is 0 Å². The second kappa shape index (κ2) is 6.91. The van der Waals surface area contributed by atoms with Crippen LogP contribution in [0.15, 0.2) is 34.7 Å². The molecule has 0 fully saturated rings. The zero-order valence-electron chi connectivity index (χ0n) is 12.6. The van der Waals surface area contributed by atoms with Gasteiger partial charge in [-0.2, -0.15) is 0 Å². The Labute approximate surface area is 128 Å². The number of aryl methyl sites for hydroxylation is 2. The van der Waals surface area contributed by atoms with Crippen molar-refractivity contribution in [3.8, 4) is 0 Å². The quantitative estimate of drug-likeness (QED) is 0.785. The maximum Gasteiger partial charge on any atom is 0.291 e. The Balaban J connectivity index is 2.21. The standard InChI is InChI=1S/C16H19N3O3/c1-10-9-11(2)22-14(10)16(21)19-13-6-4-3-5-12(13)15(20)18-8-7-17/h3-6,9H,7-8,17H2,1-2H3,(H,18,20)(H,19,21). The Bertz CT molecular complexity index is 692. The molecule has 2 aromatic rings. The molecule has 1 aromatic carbocycles.